The summed E-state index contributed by atoms with van der Waals surface area (Å²) in [4.78, 5) is 28.1. The predicted molar refractivity (Wildman–Crippen MR) is 147 cm³/mol. The number of aryl methyl sites for hydroxylation is 1. The topological polar surface area (TPSA) is 86.8 Å². The normalized spacial score (nSPS) is 12.0. The van der Waals surface area contributed by atoms with Crippen molar-refractivity contribution in [2.75, 3.05) is 17.9 Å². The maximum absolute atomic E-state index is 13.9. The van der Waals surface area contributed by atoms with E-state index in [0.29, 0.717) is 6.42 Å². The van der Waals surface area contributed by atoms with Gasteiger partial charge in [-0.25, -0.2) is 8.42 Å². The van der Waals surface area contributed by atoms with Crippen molar-refractivity contribution in [3.63, 3.8) is 0 Å². The second kappa shape index (κ2) is 12.4. The maximum Gasteiger partial charge on any atom is 0.264 e. The Morgan fingerprint density at radius 1 is 0.973 bits per heavy atom. The molecule has 0 fully saturated rings. The van der Waals surface area contributed by atoms with Crippen molar-refractivity contribution >= 4 is 50.7 Å². The highest BCUT2D eigenvalue weighted by atomic mass is 35.5. The molecular formula is C27H29Cl2N3O4S. The van der Waals surface area contributed by atoms with Crippen LogP contribution in [0.15, 0.2) is 77.7 Å². The second-order valence-corrected chi connectivity index (χ2v) is 11.1. The second-order valence-electron chi connectivity index (χ2n) is 8.41. The minimum absolute atomic E-state index is 0.0114. The summed E-state index contributed by atoms with van der Waals surface area (Å²) in [7, 11) is -2.72. The highest BCUT2D eigenvalue weighted by molar-refractivity contribution is 7.92. The molecule has 2 amide bonds. The van der Waals surface area contributed by atoms with E-state index in [1.165, 1.54) is 42.3 Å². The van der Waals surface area contributed by atoms with E-state index in [4.69, 9.17) is 23.2 Å². The number of carbonyl (C=O) groups is 2. The van der Waals surface area contributed by atoms with Gasteiger partial charge in [-0.15, -0.1) is 0 Å². The van der Waals surface area contributed by atoms with Crippen molar-refractivity contribution in [3.05, 3.63) is 94.0 Å². The molecule has 3 rings (SSSR count). The van der Waals surface area contributed by atoms with E-state index in [1.54, 1.807) is 25.1 Å². The van der Waals surface area contributed by atoms with Gasteiger partial charge in [0.15, 0.2) is 0 Å². The van der Waals surface area contributed by atoms with Gasteiger partial charge in [-0.1, -0.05) is 72.6 Å². The van der Waals surface area contributed by atoms with E-state index in [0.717, 1.165) is 15.4 Å². The molecule has 0 spiro atoms. The Labute approximate surface area is 228 Å². The van der Waals surface area contributed by atoms with Crippen molar-refractivity contribution in [1.29, 1.82) is 0 Å². The van der Waals surface area contributed by atoms with Crippen LogP contribution in [0.25, 0.3) is 0 Å². The lowest BCUT2D eigenvalue weighted by Gasteiger charge is -2.33. The maximum atomic E-state index is 13.9. The number of hydrogen-bond donors (Lipinski definition) is 1. The van der Waals surface area contributed by atoms with Crippen LogP contribution in [0.3, 0.4) is 0 Å². The third kappa shape index (κ3) is 6.63. The quantitative estimate of drug-likeness (QED) is 0.375. The first kappa shape index (κ1) is 28.5. The molecule has 7 nitrogen and oxygen atoms in total. The van der Waals surface area contributed by atoms with Gasteiger partial charge in [-0.2, -0.15) is 0 Å². The molecule has 0 heterocycles. The van der Waals surface area contributed by atoms with Gasteiger partial charge in [0.2, 0.25) is 11.8 Å². The number of nitrogens with one attached hydrogen (secondary N) is 1. The predicted octanol–water partition coefficient (Wildman–Crippen LogP) is 5.05. The van der Waals surface area contributed by atoms with Gasteiger partial charge in [0.1, 0.15) is 12.6 Å². The Morgan fingerprint density at radius 3 is 2.24 bits per heavy atom. The van der Waals surface area contributed by atoms with Gasteiger partial charge >= 0.3 is 0 Å². The van der Waals surface area contributed by atoms with E-state index in [2.05, 4.69) is 5.32 Å². The number of sulfonamides is 1. The van der Waals surface area contributed by atoms with Gasteiger partial charge < -0.3 is 10.2 Å². The molecule has 196 valence electrons. The van der Waals surface area contributed by atoms with E-state index in [-0.39, 0.29) is 33.1 Å². The van der Waals surface area contributed by atoms with Crippen molar-refractivity contribution in [1.82, 2.24) is 10.2 Å². The van der Waals surface area contributed by atoms with Crippen LogP contribution >= 0.6 is 23.2 Å². The monoisotopic (exact) mass is 561 g/mol. The Bertz CT molecular complexity index is 1370. The van der Waals surface area contributed by atoms with Gasteiger partial charge in [0, 0.05) is 18.6 Å². The van der Waals surface area contributed by atoms with Gasteiger partial charge in [-0.05, 0) is 54.8 Å². The lowest BCUT2D eigenvalue weighted by atomic mass is 10.1. The number of hydrogen-bond acceptors (Lipinski definition) is 4. The van der Waals surface area contributed by atoms with Crippen molar-refractivity contribution in [2.24, 2.45) is 0 Å². The Kier molecular flexibility index (Phi) is 9.59. The van der Waals surface area contributed by atoms with Crippen LogP contribution < -0.4 is 9.62 Å². The van der Waals surface area contributed by atoms with E-state index < -0.39 is 28.5 Å². The zero-order valence-corrected chi connectivity index (χ0v) is 23.1. The third-order valence-corrected chi connectivity index (χ3v) is 8.35. The van der Waals surface area contributed by atoms with Crippen LogP contribution in [-0.2, 0) is 26.2 Å². The number of carbonyl (C=O) groups excluding carboxylic acids is 2. The zero-order chi connectivity index (χ0) is 27.2. The van der Waals surface area contributed by atoms with Gasteiger partial charge in [0.05, 0.1) is 15.6 Å². The minimum Gasteiger partial charge on any atom is -0.357 e. The summed E-state index contributed by atoms with van der Waals surface area (Å²) in [6.45, 7) is 3.25. The lowest BCUT2D eigenvalue weighted by molar-refractivity contribution is -0.140. The Hall–Kier alpha value is -3.07. The highest BCUT2D eigenvalue weighted by Crippen LogP contribution is 2.33. The smallest absolute Gasteiger partial charge is 0.264 e. The first-order valence-electron chi connectivity index (χ1n) is 11.7. The fraction of sp³-hybridized carbons (Fsp3) is 0.259. The summed E-state index contributed by atoms with van der Waals surface area (Å²) in [5.74, 6) is -0.906. The molecule has 0 aromatic heterocycles. The van der Waals surface area contributed by atoms with Crippen LogP contribution in [0, 0.1) is 6.92 Å². The molecular weight excluding hydrogens is 533 g/mol. The van der Waals surface area contributed by atoms with E-state index in [9.17, 15) is 18.0 Å². The largest absolute Gasteiger partial charge is 0.357 e. The van der Waals surface area contributed by atoms with Crippen LogP contribution in [-0.4, -0.2) is 44.8 Å². The standard InChI is InChI=1S/C27H29Cl2N3O4S/c1-4-24(27(34)30-3)31(17-20-11-9-8-10-19(20)2)26(33)18-32(25-16-21(28)14-15-23(25)29)37(35,36)22-12-6-5-7-13-22/h5-16,24H,4,17-18H2,1-3H3,(H,30,34)/t24-/m0/s1. The molecule has 37 heavy (non-hydrogen) atoms. The van der Waals surface area contributed by atoms with Crippen LogP contribution in [0.4, 0.5) is 5.69 Å². The summed E-state index contributed by atoms with van der Waals surface area (Å²) >= 11 is 12.6. The molecule has 0 bridgehead atoms. The fourth-order valence-electron chi connectivity index (χ4n) is 3.97. The number of halogens is 2. The number of rotatable bonds is 10. The van der Waals surface area contributed by atoms with Crippen LogP contribution in [0.1, 0.15) is 24.5 Å². The average molecular weight is 563 g/mol. The van der Waals surface area contributed by atoms with Crippen molar-refractivity contribution in [3.8, 4) is 0 Å². The fourth-order valence-corrected chi connectivity index (χ4v) is 5.85. The Balaban J connectivity index is 2.11. The molecule has 0 saturated heterocycles. The minimum atomic E-state index is -4.22. The highest BCUT2D eigenvalue weighted by Gasteiger charge is 2.34. The molecule has 1 atom stereocenters. The number of amides is 2. The molecule has 0 aliphatic carbocycles. The summed E-state index contributed by atoms with van der Waals surface area (Å²) < 4.78 is 28.5. The first-order chi connectivity index (χ1) is 17.6. The van der Waals surface area contributed by atoms with Crippen LogP contribution in [0.5, 0.6) is 0 Å². The number of anilines is 1. The molecule has 0 aliphatic rings. The summed E-state index contributed by atoms with van der Waals surface area (Å²) in [5, 5.41) is 2.98. The van der Waals surface area contributed by atoms with Crippen molar-refractivity contribution < 1.29 is 18.0 Å². The van der Waals surface area contributed by atoms with Crippen LogP contribution in [0.2, 0.25) is 10.0 Å². The molecule has 0 saturated carbocycles. The number of nitrogens with zero attached hydrogens (tertiary/aromatic N) is 2. The number of likely N-dealkylation sites (N-methyl/N-ethyl adjacent to an activating group) is 1. The number of benzene rings is 3. The Morgan fingerprint density at radius 2 is 1.62 bits per heavy atom. The summed E-state index contributed by atoms with van der Waals surface area (Å²) in [5.41, 5.74) is 1.85. The molecule has 0 radical (unpaired) electrons. The zero-order valence-electron chi connectivity index (χ0n) is 20.8. The van der Waals surface area contributed by atoms with Gasteiger partial charge in [0.25, 0.3) is 10.0 Å². The molecule has 1 N–H and O–H groups in total. The SMILES string of the molecule is CC[C@@H](C(=O)NC)N(Cc1ccccc1C)C(=O)CN(c1cc(Cl)ccc1Cl)S(=O)(=O)c1ccccc1. The molecule has 0 unspecified atom stereocenters. The molecule has 0 aliphatic heterocycles. The van der Waals surface area contributed by atoms with E-state index >= 15 is 0 Å². The van der Waals surface area contributed by atoms with E-state index in [1.807, 2.05) is 31.2 Å². The van der Waals surface area contributed by atoms with Crippen molar-refractivity contribution in [2.45, 2.75) is 37.8 Å². The molecule has 3 aromatic carbocycles. The summed E-state index contributed by atoms with van der Waals surface area (Å²) in [6.07, 6.45) is 0.334. The summed E-state index contributed by atoms with van der Waals surface area (Å²) in [6, 6.07) is 18.9. The first-order valence-corrected chi connectivity index (χ1v) is 13.9. The molecule has 3 aromatic rings. The molecule has 10 heteroatoms. The lowest BCUT2D eigenvalue weighted by Crippen LogP contribution is -2.51. The van der Waals surface area contributed by atoms with Gasteiger partial charge in [-0.3, -0.25) is 13.9 Å². The average Bonchev–Trinajstić information content (AvgIpc) is 2.89. The third-order valence-electron chi connectivity index (χ3n) is 6.02.